The van der Waals surface area contributed by atoms with Crippen LogP contribution in [0.2, 0.25) is 0 Å². The Kier molecular flexibility index (Phi) is 3.04. The van der Waals surface area contributed by atoms with Crippen molar-refractivity contribution >= 4 is 0 Å². The van der Waals surface area contributed by atoms with Gasteiger partial charge in [0.15, 0.2) is 0 Å². The Bertz CT molecular complexity index is 411. The van der Waals surface area contributed by atoms with Crippen molar-refractivity contribution in [2.24, 2.45) is 0 Å². The molecule has 1 fully saturated rings. The largest absolute Gasteiger partial charge is 0.508 e. The highest BCUT2D eigenvalue weighted by molar-refractivity contribution is 5.47. The van der Waals surface area contributed by atoms with Gasteiger partial charge in [-0.15, -0.1) is 0 Å². The van der Waals surface area contributed by atoms with Crippen LogP contribution in [0.4, 0.5) is 0 Å². The van der Waals surface area contributed by atoms with Crippen molar-refractivity contribution in [3.8, 4) is 5.75 Å². The average molecular weight is 233 g/mol. The molecule has 0 amide bonds. The molecule has 1 unspecified atom stereocenters. The summed E-state index contributed by atoms with van der Waals surface area (Å²) in [6.07, 6.45) is 4.74. The number of hydrogen-bond donors (Lipinski definition) is 2. The Hall–Kier alpha value is -1.06. The fraction of sp³-hybridized carbons (Fsp3) is 0.571. The van der Waals surface area contributed by atoms with Crippen molar-refractivity contribution in [1.29, 1.82) is 0 Å². The molecule has 2 aliphatic rings. The molecule has 3 nitrogen and oxygen atoms in total. The van der Waals surface area contributed by atoms with Crippen LogP contribution in [-0.4, -0.2) is 24.8 Å². The molecule has 1 atom stereocenters. The van der Waals surface area contributed by atoms with Crippen molar-refractivity contribution in [3.05, 3.63) is 28.8 Å². The van der Waals surface area contributed by atoms with Crippen LogP contribution in [0.25, 0.3) is 0 Å². The van der Waals surface area contributed by atoms with Crippen LogP contribution >= 0.6 is 0 Å². The summed E-state index contributed by atoms with van der Waals surface area (Å²) in [5.41, 5.74) is 3.78. The maximum absolute atomic E-state index is 10.1. The lowest BCUT2D eigenvalue weighted by molar-refractivity contribution is 0.0256. The molecular weight excluding hydrogens is 214 g/mol. The second kappa shape index (κ2) is 4.67. The number of hydrogen-bond acceptors (Lipinski definition) is 3. The van der Waals surface area contributed by atoms with Crippen LogP contribution in [-0.2, 0) is 17.6 Å². The van der Waals surface area contributed by atoms with E-state index in [-0.39, 0.29) is 6.10 Å². The number of phenolic OH excluding ortho intramolecular Hbond substituents is 1. The summed E-state index contributed by atoms with van der Waals surface area (Å²) < 4.78 is 5.79. The third-order valence-electron chi connectivity index (χ3n) is 3.80. The van der Waals surface area contributed by atoms with Crippen LogP contribution in [0.5, 0.6) is 5.75 Å². The van der Waals surface area contributed by atoms with Gasteiger partial charge < -0.3 is 15.2 Å². The predicted molar refractivity (Wildman–Crippen MR) is 66.3 cm³/mol. The Morgan fingerprint density at radius 1 is 1.24 bits per heavy atom. The number of nitrogens with one attached hydrogen (secondary N) is 1. The number of phenols is 1. The number of rotatable bonds is 1. The monoisotopic (exact) mass is 233 g/mol. The van der Waals surface area contributed by atoms with E-state index >= 15 is 0 Å². The maximum atomic E-state index is 10.1. The summed E-state index contributed by atoms with van der Waals surface area (Å²) in [5, 5.41) is 13.4. The number of aryl methyl sites for hydroxylation is 1. The van der Waals surface area contributed by atoms with E-state index in [9.17, 15) is 5.11 Å². The quantitative estimate of drug-likeness (QED) is 0.779. The van der Waals surface area contributed by atoms with Crippen molar-refractivity contribution < 1.29 is 9.84 Å². The fourth-order valence-electron chi connectivity index (χ4n) is 2.95. The Morgan fingerprint density at radius 3 is 2.94 bits per heavy atom. The maximum Gasteiger partial charge on any atom is 0.121 e. The topological polar surface area (TPSA) is 41.5 Å². The zero-order chi connectivity index (χ0) is 11.7. The second-order valence-electron chi connectivity index (χ2n) is 4.91. The van der Waals surface area contributed by atoms with Crippen LogP contribution in [0, 0.1) is 0 Å². The van der Waals surface area contributed by atoms with E-state index in [4.69, 9.17) is 4.74 Å². The SMILES string of the molecule is Oc1ccc2c(c1C1CNCCO1)CCCC2. The van der Waals surface area contributed by atoms with Gasteiger partial charge >= 0.3 is 0 Å². The number of fused-ring (bicyclic) bond motifs is 1. The molecule has 1 aromatic rings. The van der Waals surface area contributed by atoms with Gasteiger partial charge in [0.05, 0.1) is 12.7 Å². The van der Waals surface area contributed by atoms with Crippen LogP contribution in [0.3, 0.4) is 0 Å². The predicted octanol–water partition coefficient (Wildman–Crippen LogP) is 1.93. The molecule has 0 saturated carbocycles. The molecule has 1 aliphatic heterocycles. The molecule has 3 rings (SSSR count). The molecule has 1 aliphatic carbocycles. The highest BCUT2D eigenvalue weighted by Crippen LogP contribution is 2.36. The molecule has 0 spiro atoms. The van der Waals surface area contributed by atoms with Gasteiger partial charge in [-0.1, -0.05) is 6.07 Å². The second-order valence-corrected chi connectivity index (χ2v) is 4.91. The third-order valence-corrected chi connectivity index (χ3v) is 3.80. The molecule has 0 radical (unpaired) electrons. The lowest BCUT2D eigenvalue weighted by Gasteiger charge is -2.29. The normalized spacial score (nSPS) is 24.4. The Morgan fingerprint density at radius 2 is 2.12 bits per heavy atom. The third kappa shape index (κ3) is 2.05. The smallest absolute Gasteiger partial charge is 0.121 e. The zero-order valence-electron chi connectivity index (χ0n) is 10.0. The molecule has 0 bridgehead atoms. The van der Waals surface area contributed by atoms with E-state index in [2.05, 4.69) is 11.4 Å². The van der Waals surface area contributed by atoms with Gasteiger partial charge in [0, 0.05) is 18.7 Å². The van der Waals surface area contributed by atoms with Crippen molar-refractivity contribution in [3.63, 3.8) is 0 Å². The van der Waals surface area contributed by atoms with E-state index in [0.717, 1.165) is 38.1 Å². The number of morpholine rings is 1. The molecule has 1 aromatic carbocycles. The average Bonchev–Trinajstić information content (AvgIpc) is 2.39. The van der Waals surface area contributed by atoms with E-state index in [1.807, 2.05) is 6.07 Å². The van der Waals surface area contributed by atoms with Gasteiger partial charge in [-0.25, -0.2) is 0 Å². The van der Waals surface area contributed by atoms with E-state index in [1.54, 1.807) is 0 Å². The minimum absolute atomic E-state index is 0.0248. The van der Waals surface area contributed by atoms with Crippen LogP contribution in [0.15, 0.2) is 12.1 Å². The van der Waals surface area contributed by atoms with E-state index < -0.39 is 0 Å². The minimum atomic E-state index is 0.0248. The lowest BCUT2D eigenvalue weighted by Crippen LogP contribution is -2.34. The summed E-state index contributed by atoms with van der Waals surface area (Å²) in [7, 11) is 0. The summed E-state index contributed by atoms with van der Waals surface area (Å²) >= 11 is 0. The Labute approximate surface area is 102 Å². The van der Waals surface area contributed by atoms with Gasteiger partial charge in [-0.2, -0.15) is 0 Å². The zero-order valence-corrected chi connectivity index (χ0v) is 10.0. The standard InChI is InChI=1S/C14H19NO2/c16-12-6-5-10-3-1-2-4-11(10)14(12)13-9-15-7-8-17-13/h5-6,13,15-16H,1-4,7-9H2. The first kappa shape index (κ1) is 11.1. The van der Waals surface area contributed by atoms with Crippen molar-refractivity contribution in [1.82, 2.24) is 5.32 Å². The number of aromatic hydroxyl groups is 1. The molecule has 2 N–H and O–H groups in total. The van der Waals surface area contributed by atoms with Crippen molar-refractivity contribution in [2.75, 3.05) is 19.7 Å². The highest BCUT2D eigenvalue weighted by Gasteiger charge is 2.25. The van der Waals surface area contributed by atoms with Crippen LogP contribution in [0.1, 0.15) is 35.6 Å². The number of benzene rings is 1. The van der Waals surface area contributed by atoms with Gasteiger partial charge in [-0.05, 0) is 42.9 Å². The van der Waals surface area contributed by atoms with E-state index in [1.165, 1.54) is 24.0 Å². The van der Waals surface area contributed by atoms with Crippen molar-refractivity contribution in [2.45, 2.75) is 31.8 Å². The van der Waals surface area contributed by atoms with Crippen LogP contribution < -0.4 is 5.32 Å². The molecule has 1 saturated heterocycles. The summed E-state index contributed by atoms with van der Waals surface area (Å²) in [6, 6.07) is 3.90. The minimum Gasteiger partial charge on any atom is -0.508 e. The molecule has 0 aromatic heterocycles. The highest BCUT2D eigenvalue weighted by atomic mass is 16.5. The van der Waals surface area contributed by atoms with Gasteiger partial charge in [0.1, 0.15) is 5.75 Å². The first-order valence-electron chi connectivity index (χ1n) is 6.52. The number of ether oxygens (including phenoxy) is 1. The summed E-state index contributed by atoms with van der Waals surface area (Å²) in [4.78, 5) is 0. The molecule has 1 heterocycles. The van der Waals surface area contributed by atoms with Gasteiger partial charge in [0.2, 0.25) is 0 Å². The fourth-order valence-corrected chi connectivity index (χ4v) is 2.95. The molecule has 3 heteroatoms. The first-order valence-corrected chi connectivity index (χ1v) is 6.52. The van der Waals surface area contributed by atoms with E-state index in [0.29, 0.717) is 5.75 Å². The molecule has 92 valence electrons. The molecule has 17 heavy (non-hydrogen) atoms. The summed E-state index contributed by atoms with van der Waals surface area (Å²) in [6.45, 7) is 2.45. The molecular formula is C14H19NO2. The van der Waals surface area contributed by atoms with Gasteiger partial charge in [-0.3, -0.25) is 0 Å². The van der Waals surface area contributed by atoms with Gasteiger partial charge in [0.25, 0.3) is 0 Å². The first-order chi connectivity index (χ1) is 8.36. The summed E-state index contributed by atoms with van der Waals surface area (Å²) in [5.74, 6) is 0.402. The Balaban J connectivity index is 2.01. The lowest BCUT2D eigenvalue weighted by atomic mass is 9.86.